The van der Waals surface area contributed by atoms with E-state index in [9.17, 15) is 4.39 Å². The first kappa shape index (κ1) is 14.7. The molecule has 0 bridgehead atoms. The van der Waals surface area contributed by atoms with Crippen molar-refractivity contribution in [3.63, 3.8) is 0 Å². The molecule has 2 rings (SSSR count). The second-order valence-corrected chi connectivity index (χ2v) is 5.34. The Labute approximate surface area is 120 Å². The number of benzene rings is 2. The molecule has 0 heterocycles. The van der Waals surface area contributed by atoms with E-state index in [2.05, 4.69) is 38.2 Å². The molecule has 0 saturated carbocycles. The molecule has 0 fully saturated rings. The highest BCUT2D eigenvalue weighted by molar-refractivity contribution is 5.69. The van der Waals surface area contributed by atoms with E-state index in [1.165, 1.54) is 22.3 Å². The van der Waals surface area contributed by atoms with Gasteiger partial charge in [0, 0.05) is 12.1 Å². The van der Waals surface area contributed by atoms with Gasteiger partial charge in [0.25, 0.3) is 0 Å². The van der Waals surface area contributed by atoms with Crippen molar-refractivity contribution in [2.75, 3.05) is 6.54 Å². The highest BCUT2D eigenvalue weighted by Gasteiger charge is 2.08. The average molecular weight is 271 g/mol. The minimum absolute atomic E-state index is 0.142. The lowest BCUT2D eigenvalue weighted by Gasteiger charge is -2.12. The topological polar surface area (TPSA) is 12.0 Å². The Bertz CT molecular complexity index is 617. The average Bonchev–Trinajstić information content (AvgIpc) is 2.42. The Balaban J connectivity index is 2.45. The van der Waals surface area contributed by atoms with Gasteiger partial charge >= 0.3 is 0 Å². The van der Waals surface area contributed by atoms with Crippen molar-refractivity contribution in [1.82, 2.24) is 5.32 Å². The molecule has 0 aliphatic carbocycles. The molecule has 2 aromatic rings. The first-order valence-electron chi connectivity index (χ1n) is 7.10. The van der Waals surface area contributed by atoms with Crippen molar-refractivity contribution >= 4 is 0 Å². The second kappa shape index (κ2) is 6.19. The van der Waals surface area contributed by atoms with Crippen LogP contribution < -0.4 is 5.32 Å². The summed E-state index contributed by atoms with van der Waals surface area (Å²) in [6, 6.07) is 9.76. The first-order chi connectivity index (χ1) is 9.52. The largest absolute Gasteiger partial charge is 0.313 e. The molecule has 0 spiro atoms. The van der Waals surface area contributed by atoms with Crippen LogP contribution in [0.1, 0.15) is 29.2 Å². The van der Waals surface area contributed by atoms with Gasteiger partial charge in [-0.05, 0) is 67.3 Å². The zero-order valence-corrected chi connectivity index (χ0v) is 12.7. The predicted molar refractivity (Wildman–Crippen MR) is 83.4 cm³/mol. The number of halogens is 1. The van der Waals surface area contributed by atoms with Crippen molar-refractivity contribution < 1.29 is 4.39 Å². The highest BCUT2D eigenvalue weighted by Crippen LogP contribution is 2.28. The van der Waals surface area contributed by atoms with Crippen molar-refractivity contribution in [3.05, 3.63) is 58.4 Å². The summed E-state index contributed by atoms with van der Waals surface area (Å²) < 4.78 is 13.8. The third-order valence-corrected chi connectivity index (χ3v) is 3.76. The summed E-state index contributed by atoms with van der Waals surface area (Å²) in [6.45, 7) is 9.77. The van der Waals surface area contributed by atoms with Crippen LogP contribution in [0.4, 0.5) is 4.39 Å². The number of hydrogen-bond donors (Lipinski definition) is 1. The monoisotopic (exact) mass is 271 g/mol. The molecule has 0 unspecified atom stereocenters. The van der Waals surface area contributed by atoms with Crippen LogP contribution in [0.3, 0.4) is 0 Å². The first-order valence-corrected chi connectivity index (χ1v) is 7.10. The Morgan fingerprint density at radius 1 is 0.950 bits per heavy atom. The van der Waals surface area contributed by atoms with Crippen LogP contribution in [0, 0.1) is 26.6 Å². The van der Waals surface area contributed by atoms with Gasteiger partial charge in [-0.2, -0.15) is 0 Å². The molecular weight excluding hydrogens is 249 g/mol. The van der Waals surface area contributed by atoms with E-state index >= 15 is 0 Å². The normalized spacial score (nSPS) is 10.8. The molecule has 0 aliphatic rings. The molecule has 2 aromatic carbocycles. The molecule has 106 valence electrons. The third kappa shape index (κ3) is 3.07. The van der Waals surface area contributed by atoms with E-state index in [1.807, 2.05) is 19.1 Å². The Hall–Kier alpha value is -1.67. The van der Waals surface area contributed by atoms with Gasteiger partial charge in [0.2, 0.25) is 0 Å². The Kier molecular flexibility index (Phi) is 4.56. The fourth-order valence-corrected chi connectivity index (χ4v) is 2.41. The summed E-state index contributed by atoms with van der Waals surface area (Å²) in [7, 11) is 0. The van der Waals surface area contributed by atoms with Crippen LogP contribution in [0.25, 0.3) is 11.1 Å². The lowest BCUT2D eigenvalue weighted by Crippen LogP contribution is -2.13. The maximum Gasteiger partial charge on any atom is 0.127 e. The van der Waals surface area contributed by atoms with Crippen LogP contribution in [0.15, 0.2) is 30.3 Å². The second-order valence-electron chi connectivity index (χ2n) is 5.34. The van der Waals surface area contributed by atoms with Gasteiger partial charge in [-0.15, -0.1) is 0 Å². The summed E-state index contributed by atoms with van der Waals surface area (Å²) in [5.74, 6) is -0.142. The van der Waals surface area contributed by atoms with Gasteiger partial charge in [-0.25, -0.2) is 4.39 Å². The standard InChI is InChI=1S/C18H22FN/c1-5-20-11-16-10-15(6-7-18(16)19)17-9-13(3)12(2)8-14(17)4/h6-10,20H,5,11H2,1-4H3. The summed E-state index contributed by atoms with van der Waals surface area (Å²) in [5, 5.41) is 3.18. The zero-order chi connectivity index (χ0) is 14.7. The minimum Gasteiger partial charge on any atom is -0.313 e. The molecule has 0 aromatic heterocycles. The number of hydrogen-bond acceptors (Lipinski definition) is 1. The van der Waals surface area contributed by atoms with Gasteiger partial charge in [0.1, 0.15) is 5.82 Å². The van der Waals surface area contributed by atoms with Gasteiger partial charge < -0.3 is 5.32 Å². The van der Waals surface area contributed by atoms with Gasteiger partial charge in [-0.3, -0.25) is 0 Å². The van der Waals surface area contributed by atoms with E-state index in [0.29, 0.717) is 6.54 Å². The number of nitrogens with one attached hydrogen (secondary N) is 1. The number of rotatable bonds is 4. The molecule has 0 saturated heterocycles. The van der Waals surface area contributed by atoms with Crippen LogP contribution in [0.5, 0.6) is 0 Å². The molecule has 1 nitrogen and oxygen atoms in total. The van der Waals surface area contributed by atoms with E-state index < -0.39 is 0 Å². The fourth-order valence-electron chi connectivity index (χ4n) is 2.41. The number of aryl methyl sites for hydroxylation is 3. The van der Waals surface area contributed by atoms with Crippen LogP contribution in [0.2, 0.25) is 0 Å². The Morgan fingerprint density at radius 3 is 2.35 bits per heavy atom. The van der Waals surface area contributed by atoms with Crippen molar-refractivity contribution in [1.29, 1.82) is 0 Å². The van der Waals surface area contributed by atoms with Crippen molar-refractivity contribution in [2.45, 2.75) is 34.2 Å². The molecule has 20 heavy (non-hydrogen) atoms. The SMILES string of the molecule is CCNCc1cc(-c2cc(C)c(C)cc2C)ccc1F. The molecule has 0 amide bonds. The highest BCUT2D eigenvalue weighted by atomic mass is 19.1. The molecule has 1 N–H and O–H groups in total. The van der Waals surface area contributed by atoms with E-state index in [0.717, 1.165) is 17.7 Å². The van der Waals surface area contributed by atoms with Crippen LogP contribution >= 0.6 is 0 Å². The zero-order valence-electron chi connectivity index (χ0n) is 12.7. The fraction of sp³-hybridized carbons (Fsp3) is 0.333. The summed E-state index contributed by atoms with van der Waals surface area (Å²) in [6.07, 6.45) is 0. The molecular formula is C18H22FN. The molecule has 0 aliphatic heterocycles. The summed E-state index contributed by atoms with van der Waals surface area (Å²) in [4.78, 5) is 0. The van der Waals surface area contributed by atoms with Gasteiger partial charge in [0.15, 0.2) is 0 Å². The van der Waals surface area contributed by atoms with E-state index in [1.54, 1.807) is 6.07 Å². The molecule has 2 heteroatoms. The van der Waals surface area contributed by atoms with Crippen molar-refractivity contribution in [3.8, 4) is 11.1 Å². The maximum atomic E-state index is 13.8. The lowest BCUT2D eigenvalue weighted by atomic mass is 9.94. The smallest absolute Gasteiger partial charge is 0.127 e. The maximum absolute atomic E-state index is 13.8. The summed E-state index contributed by atoms with van der Waals surface area (Å²) in [5.41, 5.74) is 6.78. The van der Waals surface area contributed by atoms with Gasteiger partial charge in [0.05, 0.1) is 0 Å². The molecule has 0 radical (unpaired) electrons. The van der Waals surface area contributed by atoms with Crippen LogP contribution in [-0.2, 0) is 6.54 Å². The van der Waals surface area contributed by atoms with E-state index in [4.69, 9.17) is 0 Å². The lowest BCUT2D eigenvalue weighted by molar-refractivity contribution is 0.593. The van der Waals surface area contributed by atoms with Crippen molar-refractivity contribution in [2.24, 2.45) is 0 Å². The minimum atomic E-state index is -0.142. The third-order valence-electron chi connectivity index (χ3n) is 3.76. The van der Waals surface area contributed by atoms with E-state index in [-0.39, 0.29) is 5.82 Å². The molecule has 0 atom stereocenters. The summed E-state index contributed by atoms with van der Waals surface area (Å²) >= 11 is 0. The van der Waals surface area contributed by atoms with Gasteiger partial charge in [-0.1, -0.05) is 25.1 Å². The van der Waals surface area contributed by atoms with Crippen LogP contribution in [-0.4, -0.2) is 6.54 Å². The quantitative estimate of drug-likeness (QED) is 0.861. The predicted octanol–water partition coefficient (Wildman–Crippen LogP) is 4.53. The Morgan fingerprint density at radius 2 is 1.65 bits per heavy atom.